The normalized spacial score (nSPS) is 12.5. The van der Waals surface area contributed by atoms with Gasteiger partial charge in [-0.25, -0.2) is 4.79 Å². The molecule has 0 spiro atoms. The van der Waals surface area contributed by atoms with Crippen molar-refractivity contribution in [3.05, 3.63) is 64.6 Å². The van der Waals surface area contributed by atoms with Crippen molar-refractivity contribution >= 4 is 11.7 Å². The number of aromatic nitrogens is 1. The van der Waals surface area contributed by atoms with Gasteiger partial charge in [-0.3, -0.25) is 4.79 Å². The minimum absolute atomic E-state index is 0.0565. The number of alkyl halides is 3. The van der Waals surface area contributed by atoms with Gasteiger partial charge in [0.2, 0.25) is 0 Å². The van der Waals surface area contributed by atoms with Crippen molar-refractivity contribution in [1.29, 1.82) is 0 Å². The molecular formula is C16H16F3N3O3. The maximum absolute atomic E-state index is 12.8. The van der Waals surface area contributed by atoms with Gasteiger partial charge in [0.25, 0.3) is 5.56 Å². The second kappa shape index (κ2) is 7.84. The van der Waals surface area contributed by atoms with Crippen molar-refractivity contribution in [3.63, 3.8) is 0 Å². The van der Waals surface area contributed by atoms with Crippen LogP contribution in [0.4, 0.5) is 23.7 Å². The Kier molecular flexibility index (Phi) is 5.81. The molecule has 1 unspecified atom stereocenters. The molecule has 2 aromatic rings. The summed E-state index contributed by atoms with van der Waals surface area (Å²) in [4.78, 5) is 23.3. The Morgan fingerprint density at radius 1 is 1.16 bits per heavy atom. The molecule has 0 aliphatic rings. The molecule has 9 heteroatoms. The van der Waals surface area contributed by atoms with E-state index in [2.05, 4.69) is 10.6 Å². The molecule has 1 aromatic heterocycles. The summed E-state index contributed by atoms with van der Waals surface area (Å²) in [5, 5.41) is 14.2. The summed E-state index contributed by atoms with van der Waals surface area (Å²) in [6.45, 7) is -0.291. The molecule has 0 saturated heterocycles. The molecule has 3 N–H and O–H groups in total. The summed E-state index contributed by atoms with van der Waals surface area (Å²) in [7, 11) is 0. The van der Waals surface area contributed by atoms with Gasteiger partial charge in [0.05, 0.1) is 23.9 Å². The number of hydrogen-bond acceptors (Lipinski definition) is 3. The molecule has 0 radical (unpaired) electrons. The number of halogens is 3. The number of urea groups is 1. The summed E-state index contributed by atoms with van der Waals surface area (Å²) < 4.78 is 39.8. The Hall–Kier alpha value is -2.81. The second-order valence-electron chi connectivity index (χ2n) is 5.22. The van der Waals surface area contributed by atoms with E-state index in [1.165, 1.54) is 29.0 Å². The molecule has 1 heterocycles. The zero-order valence-electron chi connectivity index (χ0n) is 13.0. The fourth-order valence-corrected chi connectivity index (χ4v) is 2.12. The highest BCUT2D eigenvalue weighted by Gasteiger charge is 2.33. The summed E-state index contributed by atoms with van der Waals surface area (Å²) >= 11 is 0. The maximum Gasteiger partial charge on any atom is 0.418 e. The fourth-order valence-electron chi connectivity index (χ4n) is 2.12. The Balaban J connectivity index is 1.91. The highest BCUT2D eigenvalue weighted by atomic mass is 19.4. The highest BCUT2D eigenvalue weighted by Crippen LogP contribution is 2.34. The van der Waals surface area contributed by atoms with Crippen LogP contribution in [0, 0.1) is 0 Å². The number of benzene rings is 1. The van der Waals surface area contributed by atoms with Crippen LogP contribution in [0.25, 0.3) is 0 Å². The lowest BCUT2D eigenvalue weighted by Gasteiger charge is -2.16. The first-order chi connectivity index (χ1) is 11.8. The highest BCUT2D eigenvalue weighted by molar-refractivity contribution is 5.90. The van der Waals surface area contributed by atoms with Crippen LogP contribution in [0.3, 0.4) is 0 Å². The molecule has 134 valence electrons. The van der Waals surface area contributed by atoms with Crippen LogP contribution in [0.5, 0.6) is 0 Å². The third-order valence-corrected chi connectivity index (χ3v) is 3.29. The molecule has 0 bridgehead atoms. The predicted octanol–water partition coefficient (Wildman–Crippen LogP) is 2.05. The zero-order chi connectivity index (χ0) is 18.4. The summed E-state index contributed by atoms with van der Waals surface area (Å²) in [6, 6.07) is 8.15. The number of anilines is 1. The standard InChI is InChI=1S/C16H16F3N3O3/c17-16(18,19)12-5-1-2-6-13(12)21-15(25)20-9-11(23)10-22-8-4-3-7-14(22)24/h1-8,11,23H,9-10H2,(H2,20,21,25). The average Bonchev–Trinajstić information content (AvgIpc) is 2.55. The lowest BCUT2D eigenvalue weighted by molar-refractivity contribution is -0.136. The van der Waals surface area contributed by atoms with E-state index in [1.807, 2.05) is 0 Å². The number of amides is 2. The minimum Gasteiger partial charge on any atom is -0.389 e. The number of carbonyl (C=O) groups excluding carboxylic acids is 1. The third-order valence-electron chi connectivity index (χ3n) is 3.29. The molecule has 6 nitrogen and oxygen atoms in total. The van der Waals surface area contributed by atoms with Gasteiger partial charge < -0.3 is 20.3 Å². The smallest absolute Gasteiger partial charge is 0.389 e. The van der Waals surface area contributed by atoms with Crippen molar-refractivity contribution in [2.75, 3.05) is 11.9 Å². The van der Waals surface area contributed by atoms with E-state index >= 15 is 0 Å². The predicted molar refractivity (Wildman–Crippen MR) is 85.2 cm³/mol. The summed E-state index contributed by atoms with van der Waals surface area (Å²) in [6.07, 6.45) is -4.20. The van der Waals surface area contributed by atoms with E-state index in [0.717, 1.165) is 12.1 Å². The van der Waals surface area contributed by atoms with Crippen molar-refractivity contribution in [3.8, 4) is 0 Å². The van der Waals surface area contributed by atoms with Crippen molar-refractivity contribution in [2.24, 2.45) is 0 Å². The van der Waals surface area contributed by atoms with Crippen molar-refractivity contribution in [2.45, 2.75) is 18.8 Å². The van der Waals surface area contributed by atoms with Gasteiger partial charge in [0, 0.05) is 18.8 Å². The lowest BCUT2D eigenvalue weighted by Crippen LogP contribution is -2.38. The number of para-hydroxylation sites is 1. The van der Waals surface area contributed by atoms with E-state index in [4.69, 9.17) is 0 Å². The quantitative estimate of drug-likeness (QED) is 0.768. The van der Waals surface area contributed by atoms with Gasteiger partial charge in [-0.05, 0) is 18.2 Å². The Bertz CT molecular complexity index is 790. The molecule has 2 rings (SSSR count). The van der Waals surface area contributed by atoms with Gasteiger partial charge in [-0.1, -0.05) is 18.2 Å². The van der Waals surface area contributed by atoms with Gasteiger partial charge in [0.15, 0.2) is 0 Å². The first-order valence-electron chi connectivity index (χ1n) is 7.32. The van der Waals surface area contributed by atoms with Gasteiger partial charge >= 0.3 is 12.2 Å². The van der Waals surface area contributed by atoms with Crippen molar-refractivity contribution in [1.82, 2.24) is 9.88 Å². The van der Waals surface area contributed by atoms with Crippen LogP contribution in [0.1, 0.15) is 5.56 Å². The van der Waals surface area contributed by atoms with Crippen LogP contribution in [0.2, 0.25) is 0 Å². The van der Waals surface area contributed by atoms with Crippen LogP contribution in [0.15, 0.2) is 53.5 Å². The molecule has 0 saturated carbocycles. The number of aliphatic hydroxyl groups is 1. The summed E-state index contributed by atoms with van der Waals surface area (Å²) in [5.41, 5.74) is -1.67. The number of nitrogens with zero attached hydrogens (tertiary/aromatic N) is 1. The van der Waals surface area contributed by atoms with Crippen LogP contribution in [-0.4, -0.2) is 28.4 Å². The van der Waals surface area contributed by atoms with E-state index < -0.39 is 23.9 Å². The fraction of sp³-hybridized carbons (Fsp3) is 0.250. The summed E-state index contributed by atoms with van der Waals surface area (Å²) in [5.74, 6) is 0. The third kappa shape index (κ3) is 5.35. The van der Waals surface area contributed by atoms with Gasteiger partial charge in [0.1, 0.15) is 0 Å². The Morgan fingerprint density at radius 3 is 2.52 bits per heavy atom. The number of carbonyl (C=O) groups is 1. The van der Waals surface area contributed by atoms with E-state index in [9.17, 15) is 27.9 Å². The monoisotopic (exact) mass is 355 g/mol. The lowest BCUT2D eigenvalue weighted by atomic mass is 10.1. The van der Waals surface area contributed by atoms with E-state index in [-0.39, 0.29) is 24.3 Å². The molecule has 0 aliphatic heterocycles. The first kappa shape index (κ1) is 18.5. The zero-order valence-corrected chi connectivity index (χ0v) is 13.0. The Labute approximate surface area is 140 Å². The number of hydrogen-bond donors (Lipinski definition) is 3. The maximum atomic E-state index is 12.8. The molecule has 1 atom stereocenters. The largest absolute Gasteiger partial charge is 0.418 e. The second-order valence-corrected chi connectivity index (χ2v) is 5.22. The van der Waals surface area contributed by atoms with E-state index in [0.29, 0.717) is 0 Å². The minimum atomic E-state index is -4.60. The molecule has 0 fully saturated rings. The molecule has 25 heavy (non-hydrogen) atoms. The molecule has 0 aliphatic carbocycles. The van der Waals surface area contributed by atoms with Gasteiger partial charge in [-0.2, -0.15) is 13.2 Å². The topological polar surface area (TPSA) is 83.4 Å². The molecule has 2 amide bonds. The van der Waals surface area contributed by atoms with Crippen LogP contribution >= 0.6 is 0 Å². The SMILES string of the molecule is O=C(NCC(O)Cn1ccccc1=O)Nc1ccccc1C(F)(F)F. The van der Waals surface area contributed by atoms with Crippen LogP contribution < -0.4 is 16.2 Å². The molecular weight excluding hydrogens is 339 g/mol. The molecule has 1 aromatic carbocycles. The first-order valence-corrected chi connectivity index (χ1v) is 7.32. The number of nitrogens with one attached hydrogen (secondary N) is 2. The van der Waals surface area contributed by atoms with Gasteiger partial charge in [-0.15, -0.1) is 0 Å². The average molecular weight is 355 g/mol. The number of rotatable bonds is 5. The number of pyridine rings is 1. The van der Waals surface area contributed by atoms with Crippen LogP contribution in [-0.2, 0) is 12.7 Å². The van der Waals surface area contributed by atoms with Crippen molar-refractivity contribution < 1.29 is 23.1 Å². The number of aliphatic hydroxyl groups excluding tert-OH is 1. The Morgan fingerprint density at radius 2 is 1.84 bits per heavy atom. The van der Waals surface area contributed by atoms with E-state index in [1.54, 1.807) is 12.1 Å².